The third-order valence-corrected chi connectivity index (χ3v) is 7.21. The topological polar surface area (TPSA) is 63.1 Å². The molecule has 2 aromatic heterocycles. The fraction of sp³-hybridized carbons (Fsp3) is 0.0645. The number of hydrogen-bond acceptors (Lipinski definition) is 6. The molecular weight excluding hydrogens is 689 g/mol. The molecule has 38 heavy (non-hydrogen) atoms. The molecule has 6 aromatic rings. The zero-order valence-electron chi connectivity index (χ0n) is 20.9. The molecule has 0 bridgehead atoms. The largest absolute Gasteiger partial charge is 0.512 e. The minimum absolute atomic E-state index is 0. The van der Waals surface area contributed by atoms with Crippen molar-refractivity contribution in [2.24, 2.45) is 0 Å². The summed E-state index contributed by atoms with van der Waals surface area (Å²) in [5.41, 5.74) is 4.56. The van der Waals surface area contributed by atoms with Crippen molar-refractivity contribution in [2.45, 2.75) is 13.8 Å². The number of allylic oxidation sites excluding steroid dienone is 2. The third kappa shape index (κ3) is 8.27. The Labute approximate surface area is 243 Å². The number of fused-ring (bicyclic) bond motifs is 2. The number of hydrogen-bond donors (Lipinski definition) is 1. The predicted molar refractivity (Wildman–Crippen MR) is 157 cm³/mol. The molecule has 7 heteroatoms. The van der Waals surface area contributed by atoms with Crippen LogP contribution in [0, 0.1) is 0 Å². The van der Waals surface area contributed by atoms with Gasteiger partial charge in [0, 0.05) is 37.3 Å². The smallest absolute Gasteiger partial charge is 0.155 e. The molecule has 0 aliphatic heterocycles. The van der Waals surface area contributed by atoms with E-state index in [9.17, 15) is 4.79 Å². The molecule has 0 aliphatic rings. The van der Waals surface area contributed by atoms with Crippen molar-refractivity contribution in [3.63, 3.8) is 0 Å². The molecule has 0 unspecified atom stereocenters. The van der Waals surface area contributed by atoms with Gasteiger partial charge in [-0.25, -0.2) is 9.97 Å². The number of aromatic nitrogens is 2. The number of rotatable bonds is 3. The van der Waals surface area contributed by atoms with Crippen LogP contribution in [0.3, 0.4) is 0 Å². The van der Waals surface area contributed by atoms with Gasteiger partial charge in [-0.1, -0.05) is 84.9 Å². The Morgan fingerprint density at radius 3 is 1.32 bits per heavy atom. The molecule has 1 N–H and O–H groups in total. The first-order valence-corrected chi connectivity index (χ1v) is 13.3. The van der Waals surface area contributed by atoms with Gasteiger partial charge in [-0.2, -0.15) is 0 Å². The van der Waals surface area contributed by atoms with E-state index < -0.39 is 0 Å². The van der Waals surface area contributed by atoms with E-state index in [-0.39, 0.29) is 31.6 Å². The van der Waals surface area contributed by atoms with E-state index >= 15 is 0 Å². The Balaban J connectivity index is 0.000000167. The van der Waals surface area contributed by atoms with Crippen LogP contribution in [0.4, 0.5) is 0 Å². The summed E-state index contributed by atoms with van der Waals surface area (Å²) < 4.78 is 2.49. The first-order valence-electron chi connectivity index (χ1n) is 11.7. The third-order valence-electron chi connectivity index (χ3n) is 5.04. The minimum atomic E-state index is -0.125. The van der Waals surface area contributed by atoms with Crippen LogP contribution in [0.2, 0.25) is 0 Å². The van der Waals surface area contributed by atoms with Gasteiger partial charge in [0.15, 0.2) is 5.78 Å². The Kier molecular flexibility index (Phi) is 11.1. The number of ketones is 1. The molecule has 1 radical (unpaired) electrons. The summed E-state index contributed by atoms with van der Waals surface area (Å²) in [6, 6.07) is 37.1. The zero-order chi connectivity index (χ0) is 26.0. The molecule has 0 aliphatic carbocycles. The molecule has 0 amide bonds. The van der Waals surface area contributed by atoms with Crippen LogP contribution in [-0.4, -0.2) is 20.9 Å². The molecular formula is C31H26IrN2O2S2. The minimum Gasteiger partial charge on any atom is -0.512 e. The van der Waals surface area contributed by atoms with Crippen LogP contribution in [0.1, 0.15) is 13.8 Å². The summed E-state index contributed by atoms with van der Waals surface area (Å²) in [5.74, 6) is -0.0625. The van der Waals surface area contributed by atoms with E-state index in [1.807, 2.05) is 48.5 Å². The molecule has 0 saturated heterocycles. The van der Waals surface area contributed by atoms with Crippen LogP contribution in [0.15, 0.2) is 121 Å². The SMILES string of the molecule is CC(=O)/C=C(/C)O.[Ir].c1ccc(-c2nc3ccccc3s2)cc1.c1ccc(-c2nc3ccccc3s2)cc1. The van der Waals surface area contributed by atoms with Crippen molar-refractivity contribution >= 4 is 48.9 Å². The summed E-state index contributed by atoms with van der Waals surface area (Å²) in [7, 11) is 0. The number of carbonyl (C=O) groups is 1. The van der Waals surface area contributed by atoms with Crippen molar-refractivity contribution in [1.29, 1.82) is 0 Å². The number of nitrogens with zero attached hydrogens (tertiary/aromatic N) is 2. The summed E-state index contributed by atoms with van der Waals surface area (Å²) >= 11 is 3.48. The number of thiazole rings is 2. The van der Waals surface area contributed by atoms with Crippen molar-refractivity contribution < 1.29 is 30.0 Å². The van der Waals surface area contributed by atoms with Crippen molar-refractivity contribution in [3.05, 3.63) is 121 Å². The second-order valence-corrected chi connectivity index (χ2v) is 10.2. The second-order valence-electron chi connectivity index (χ2n) is 8.10. The van der Waals surface area contributed by atoms with Crippen molar-refractivity contribution in [3.8, 4) is 21.1 Å². The maximum absolute atomic E-state index is 10.0. The van der Waals surface area contributed by atoms with Gasteiger partial charge < -0.3 is 5.11 Å². The van der Waals surface area contributed by atoms with Gasteiger partial charge in [-0.05, 0) is 38.1 Å². The van der Waals surface area contributed by atoms with E-state index in [1.54, 1.807) is 22.7 Å². The molecule has 0 saturated carbocycles. The van der Waals surface area contributed by atoms with Crippen LogP contribution in [0.5, 0.6) is 0 Å². The average Bonchev–Trinajstić information content (AvgIpc) is 3.54. The molecule has 4 nitrogen and oxygen atoms in total. The van der Waals surface area contributed by atoms with Crippen LogP contribution in [0.25, 0.3) is 41.6 Å². The van der Waals surface area contributed by atoms with Gasteiger partial charge in [0.05, 0.1) is 26.2 Å². The molecule has 0 atom stereocenters. The monoisotopic (exact) mass is 715 g/mol. The number of aliphatic hydroxyl groups excluding tert-OH is 1. The van der Waals surface area contributed by atoms with Gasteiger partial charge in [0.25, 0.3) is 0 Å². The average molecular weight is 715 g/mol. The van der Waals surface area contributed by atoms with E-state index in [0.29, 0.717) is 0 Å². The summed E-state index contributed by atoms with van der Waals surface area (Å²) in [4.78, 5) is 19.2. The Hall–Kier alpha value is -3.48. The second kappa shape index (κ2) is 14.5. The van der Waals surface area contributed by atoms with E-state index in [0.717, 1.165) is 21.0 Å². The van der Waals surface area contributed by atoms with Crippen LogP contribution in [-0.2, 0) is 24.9 Å². The quantitative estimate of drug-likeness (QED) is 0.147. The van der Waals surface area contributed by atoms with Gasteiger partial charge in [0.2, 0.25) is 0 Å². The van der Waals surface area contributed by atoms with Gasteiger partial charge in [0.1, 0.15) is 10.0 Å². The number of carbonyl (C=O) groups excluding carboxylic acids is 1. The van der Waals surface area contributed by atoms with Crippen molar-refractivity contribution in [1.82, 2.24) is 9.97 Å². The fourth-order valence-corrected chi connectivity index (χ4v) is 5.39. The summed E-state index contributed by atoms with van der Waals surface area (Å²) in [5, 5.41) is 10.6. The normalized spacial score (nSPS) is 10.5. The Morgan fingerprint density at radius 1 is 0.632 bits per heavy atom. The maximum atomic E-state index is 10.0. The molecule has 2 heterocycles. The fourth-order valence-electron chi connectivity index (χ4n) is 3.45. The van der Waals surface area contributed by atoms with E-state index in [1.165, 1.54) is 40.5 Å². The van der Waals surface area contributed by atoms with Crippen molar-refractivity contribution in [2.75, 3.05) is 0 Å². The summed E-state index contributed by atoms with van der Waals surface area (Å²) in [6.07, 6.45) is 1.17. The Bertz CT molecular complexity index is 1450. The molecule has 0 spiro atoms. The molecule has 193 valence electrons. The predicted octanol–water partition coefficient (Wildman–Crippen LogP) is 8.96. The first-order chi connectivity index (χ1) is 18.0. The van der Waals surface area contributed by atoms with Gasteiger partial charge in [-0.15, -0.1) is 22.7 Å². The maximum Gasteiger partial charge on any atom is 0.155 e. The molecule has 4 aromatic carbocycles. The van der Waals surface area contributed by atoms with Gasteiger partial charge >= 0.3 is 0 Å². The van der Waals surface area contributed by atoms with E-state index in [2.05, 4.69) is 70.6 Å². The van der Waals surface area contributed by atoms with Gasteiger partial charge in [-0.3, -0.25) is 4.79 Å². The first kappa shape index (κ1) is 29.1. The number of benzene rings is 4. The summed E-state index contributed by atoms with van der Waals surface area (Å²) in [6.45, 7) is 2.85. The number of para-hydroxylation sites is 2. The van der Waals surface area contributed by atoms with Crippen LogP contribution < -0.4 is 0 Å². The number of aliphatic hydroxyl groups is 1. The van der Waals surface area contributed by atoms with Crippen LogP contribution >= 0.6 is 22.7 Å². The standard InChI is InChI=1S/2C13H9NS.C5H8O2.Ir/c2*1-2-6-10(7-3-1)13-14-11-8-4-5-9-12(11)15-13;1-4(6)3-5(2)7;/h2*1-9H;3,6H,1-2H3;/b;;4-3-;. The molecule has 0 fully saturated rings. The zero-order valence-corrected chi connectivity index (χ0v) is 24.9. The molecule has 6 rings (SSSR count). The van der Waals surface area contributed by atoms with E-state index in [4.69, 9.17) is 5.11 Å². The Morgan fingerprint density at radius 2 is 1.00 bits per heavy atom.